The first-order valence-electron chi connectivity index (χ1n) is 7.56. The van der Waals surface area contributed by atoms with Gasteiger partial charge in [0.2, 0.25) is 4.77 Å². The number of aryl methyl sites for hydroxylation is 1. The minimum absolute atomic E-state index is 0.527. The summed E-state index contributed by atoms with van der Waals surface area (Å²) in [5.41, 5.74) is 6.32. The van der Waals surface area contributed by atoms with E-state index in [2.05, 4.69) is 29.0 Å². The van der Waals surface area contributed by atoms with Gasteiger partial charge in [0.25, 0.3) is 0 Å². The van der Waals surface area contributed by atoms with Gasteiger partial charge in [0, 0.05) is 28.5 Å². The first kappa shape index (κ1) is 15.1. The van der Waals surface area contributed by atoms with E-state index in [-0.39, 0.29) is 0 Å². The zero-order valence-electron chi connectivity index (χ0n) is 13.0. The Morgan fingerprint density at radius 1 is 1.04 bits per heavy atom. The van der Waals surface area contributed by atoms with Gasteiger partial charge in [-0.25, -0.2) is 4.98 Å². The number of fused-ring (bicyclic) bond motifs is 1. The molecule has 4 aromatic rings. The van der Waals surface area contributed by atoms with E-state index < -0.39 is 0 Å². The van der Waals surface area contributed by atoms with Gasteiger partial charge in [-0.1, -0.05) is 48.0 Å². The van der Waals surface area contributed by atoms with E-state index in [0.29, 0.717) is 9.79 Å². The largest absolute Gasteiger partial charge is 0.339 e. The molecule has 2 heterocycles. The molecule has 0 aliphatic heterocycles. The number of benzene rings is 2. The molecule has 2 aromatic carbocycles. The van der Waals surface area contributed by atoms with Gasteiger partial charge >= 0.3 is 0 Å². The molecule has 0 saturated heterocycles. The Kier molecular flexibility index (Phi) is 3.71. The Balaban J connectivity index is 1.98. The van der Waals surface area contributed by atoms with Gasteiger partial charge in [-0.2, -0.15) is 0 Å². The minimum Gasteiger partial charge on any atom is -0.339 e. The van der Waals surface area contributed by atoms with Crippen molar-refractivity contribution in [3.63, 3.8) is 0 Å². The van der Waals surface area contributed by atoms with Gasteiger partial charge in [-0.15, -0.1) is 0 Å². The van der Waals surface area contributed by atoms with E-state index in [4.69, 9.17) is 23.8 Å². The molecule has 24 heavy (non-hydrogen) atoms. The zero-order valence-corrected chi connectivity index (χ0v) is 14.5. The number of H-pyrrole nitrogens is 1. The van der Waals surface area contributed by atoms with Gasteiger partial charge in [0.1, 0.15) is 5.65 Å². The molecule has 0 atom stereocenters. The van der Waals surface area contributed by atoms with Crippen LogP contribution in [0.3, 0.4) is 0 Å². The number of nitrogens with one attached hydrogen (secondary N) is 1. The summed E-state index contributed by atoms with van der Waals surface area (Å²) >= 11 is 11.4. The van der Waals surface area contributed by atoms with Gasteiger partial charge in [0.05, 0.1) is 5.69 Å². The Hall–Kier alpha value is -2.43. The number of hydrogen-bond acceptors (Lipinski definition) is 2. The van der Waals surface area contributed by atoms with Gasteiger partial charge in [0.15, 0.2) is 0 Å². The lowest BCUT2D eigenvalue weighted by Gasteiger charge is -2.04. The van der Waals surface area contributed by atoms with E-state index in [1.165, 1.54) is 5.56 Å². The van der Waals surface area contributed by atoms with Crippen LogP contribution in [-0.4, -0.2) is 14.4 Å². The molecule has 0 radical (unpaired) electrons. The molecule has 4 rings (SSSR count). The van der Waals surface area contributed by atoms with Crippen molar-refractivity contribution in [2.24, 2.45) is 0 Å². The molecular weight excluding hydrogens is 338 g/mol. The predicted molar refractivity (Wildman–Crippen MR) is 101 cm³/mol. The Bertz CT molecular complexity index is 1090. The number of rotatable bonds is 2. The predicted octanol–water partition coefficient (Wildman–Crippen LogP) is 5.69. The molecule has 0 bridgehead atoms. The summed E-state index contributed by atoms with van der Waals surface area (Å²) in [5.74, 6) is 0. The second kappa shape index (κ2) is 5.89. The molecule has 3 nitrogen and oxygen atoms in total. The van der Waals surface area contributed by atoms with Crippen LogP contribution in [0.5, 0.6) is 0 Å². The van der Waals surface area contributed by atoms with Crippen LogP contribution in [0.4, 0.5) is 0 Å². The van der Waals surface area contributed by atoms with Gasteiger partial charge in [-0.05, 0) is 42.4 Å². The van der Waals surface area contributed by atoms with Gasteiger partial charge in [-0.3, -0.25) is 4.40 Å². The van der Waals surface area contributed by atoms with Crippen LogP contribution in [0.15, 0.2) is 60.9 Å². The maximum Gasteiger partial charge on any atom is 0.205 e. The van der Waals surface area contributed by atoms with Crippen LogP contribution in [0.2, 0.25) is 5.02 Å². The third-order valence-electron chi connectivity index (χ3n) is 4.11. The summed E-state index contributed by atoms with van der Waals surface area (Å²) in [6.45, 7) is 2.10. The lowest BCUT2D eigenvalue weighted by atomic mass is 10.1. The molecule has 118 valence electrons. The molecule has 5 heteroatoms. The molecule has 0 saturated carbocycles. The lowest BCUT2D eigenvalue weighted by Crippen LogP contribution is -1.92. The summed E-state index contributed by atoms with van der Waals surface area (Å²) in [4.78, 5) is 7.86. The monoisotopic (exact) mass is 351 g/mol. The van der Waals surface area contributed by atoms with E-state index in [0.717, 1.165) is 28.0 Å². The fourth-order valence-electron chi connectivity index (χ4n) is 2.86. The second-order valence-corrected chi connectivity index (χ2v) is 6.46. The zero-order chi connectivity index (χ0) is 16.7. The highest BCUT2D eigenvalue weighted by molar-refractivity contribution is 7.71. The van der Waals surface area contributed by atoms with E-state index in [9.17, 15) is 0 Å². The third kappa shape index (κ3) is 2.54. The van der Waals surface area contributed by atoms with E-state index in [1.54, 1.807) is 6.20 Å². The fourth-order valence-corrected chi connectivity index (χ4v) is 3.18. The molecule has 1 N–H and O–H groups in total. The summed E-state index contributed by atoms with van der Waals surface area (Å²) in [5, 5.41) is 0.711. The van der Waals surface area contributed by atoms with Crippen molar-refractivity contribution in [3.05, 3.63) is 76.3 Å². The van der Waals surface area contributed by atoms with Crippen molar-refractivity contribution >= 4 is 29.5 Å². The van der Waals surface area contributed by atoms with Crippen LogP contribution < -0.4 is 0 Å². The number of aromatic nitrogens is 3. The van der Waals surface area contributed by atoms with Crippen molar-refractivity contribution in [1.29, 1.82) is 0 Å². The van der Waals surface area contributed by atoms with Crippen LogP contribution >= 0.6 is 23.8 Å². The maximum absolute atomic E-state index is 6.00. The second-order valence-electron chi connectivity index (χ2n) is 5.66. The van der Waals surface area contributed by atoms with E-state index >= 15 is 0 Å². The maximum atomic E-state index is 6.00. The van der Waals surface area contributed by atoms with Crippen LogP contribution in [-0.2, 0) is 0 Å². The highest BCUT2D eigenvalue weighted by atomic mass is 35.5. The van der Waals surface area contributed by atoms with Crippen LogP contribution in [0, 0.1) is 11.7 Å². The molecule has 0 amide bonds. The van der Waals surface area contributed by atoms with Crippen molar-refractivity contribution in [2.75, 3.05) is 0 Å². The van der Waals surface area contributed by atoms with Crippen molar-refractivity contribution < 1.29 is 0 Å². The summed E-state index contributed by atoms with van der Waals surface area (Å²) in [6, 6.07) is 16.0. The number of halogens is 1. The Morgan fingerprint density at radius 3 is 2.54 bits per heavy atom. The first-order valence-corrected chi connectivity index (χ1v) is 8.34. The molecule has 0 aliphatic rings. The van der Waals surface area contributed by atoms with Crippen molar-refractivity contribution in [3.8, 4) is 22.4 Å². The summed E-state index contributed by atoms with van der Waals surface area (Å²) < 4.78 is 2.44. The average Bonchev–Trinajstić information content (AvgIpc) is 3.03. The van der Waals surface area contributed by atoms with E-state index in [1.807, 2.05) is 47.0 Å². The van der Waals surface area contributed by atoms with Crippen LogP contribution in [0.1, 0.15) is 5.56 Å². The highest BCUT2D eigenvalue weighted by Crippen LogP contribution is 2.28. The summed E-state index contributed by atoms with van der Waals surface area (Å²) in [7, 11) is 0. The number of hydrogen-bond donors (Lipinski definition) is 1. The number of aromatic amines is 1. The summed E-state index contributed by atoms with van der Waals surface area (Å²) in [6.07, 6.45) is 3.81. The van der Waals surface area contributed by atoms with Crippen molar-refractivity contribution in [2.45, 2.75) is 6.92 Å². The minimum atomic E-state index is 0.527. The first-order chi connectivity index (χ1) is 11.6. The SMILES string of the molecule is Cc1ccccc1-c1cn2c(=S)ncc(-c3ccc(Cl)cc3)c2[nH]1. The van der Waals surface area contributed by atoms with Crippen molar-refractivity contribution in [1.82, 2.24) is 14.4 Å². The molecule has 0 spiro atoms. The highest BCUT2D eigenvalue weighted by Gasteiger charge is 2.11. The quantitative estimate of drug-likeness (QED) is 0.471. The average molecular weight is 352 g/mol. The third-order valence-corrected chi connectivity index (χ3v) is 4.66. The normalized spacial score (nSPS) is 11.1. The number of nitrogens with zero attached hydrogens (tertiary/aromatic N) is 2. The molecule has 0 aliphatic carbocycles. The fraction of sp³-hybridized carbons (Fsp3) is 0.0526. The number of imidazole rings is 1. The Labute approximate surface area is 149 Å². The molecular formula is C19H14ClN3S. The van der Waals surface area contributed by atoms with Gasteiger partial charge < -0.3 is 4.98 Å². The topological polar surface area (TPSA) is 33.1 Å². The smallest absolute Gasteiger partial charge is 0.205 e. The Morgan fingerprint density at radius 2 is 1.79 bits per heavy atom. The standard InChI is InChI=1S/C19H14ClN3S/c1-12-4-2-3-5-15(12)17-11-23-18(22-17)16(10-21-19(23)24)13-6-8-14(20)9-7-13/h2-11,22H,1H3. The molecule has 0 unspecified atom stereocenters. The lowest BCUT2D eigenvalue weighted by molar-refractivity contribution is 1.06. The van der Waals surface area contributed by atoms with Crippen LogP contribution in [0.25, 0.3) is 28.0 Å². The molecule has 2 aromatic heterocycles. The molecule has 0 fully saturated rings.